The highest BCUT2D eigenvalue weighted by Gasteiger charge is 2.27. The van der Waals surface area contributed by atoms with Gasteiger partial charge in [-0.05, 0) is 31.2 Å². The zero-order chi connectivity index (χ0) is 18.1. The number of aromatic nitrogens is 3. The quantitative estimate of drug-likeness (QED) is 0.780. The maximum atomic E-state index is 12.6. The topological polar surface area (TPSA) is 73.0 Å². The van der Waals surface area contributed by atoms with Gasteiger partial charge in [0.15, 0.2) is 11.5 Å². The Morgan fingerprint density at radius 3 is 2.92 bits per heavy atom. The first-order valence-corrected chi connectivity index (χ1v) is 8.96. The van der Waals surface area contributed by atoms with Crippen LogP contribution in [-0.2, 0) is 19.4 Å². The Bertz CT molecular complexity index is 924. The Morgan fingerprint density at radius 2 is 2.12 bits per heavy atom. The lowest BCUT2D eigenvalue weighted by Crippen LogP contribution is -2.18. The number of hydrogen-bond acceptors (Lipinski definition) is 4. The first-order valence-electron chi connectivity index (χ1n) is 8.96. The van der Waals surface area contributed by atoms with E-state index in [0.29, 0.717) is 24.0 Å². The maximum Gasteiger partial charge on any atom is 0.279 e. The number of nitrogens with zero attached hydrogens (tertiary/aromatic N) is 3. The van der Waals surface area contributed by atoms with E-state index in [4.69, 9.17) is 4.52 Å². The van der Waals surface area contributed by atoms with Gasteiger partial charge in [0.1, 0.15) is 5.76 Å². The van der Waals surface area contributed by atoms with Crippen molar-refractivity contribution in [2.75, 3.05) is 5.32 Å². The third-order valence-corrected chi connectivity index (χ3v) is 4.85. The van der Waals surface area contributed by atoms with E-state index in [2.05, 4.69) is 53.7 Å². The van der Waals surface area contributed by atoms with Crippen LogP contribution in [0.3, 0.4) is 0 Å². The zero-order valence-corrected chi connectivity index (χ0v) is 15.0. The van der Waals surface area contributed by atoms with Gasteiger partial charge < -0.3 is 9.84 Å². The molecule has 0 spiro atoms. The number of carbonyl (C=O) groups excluding carboxylic acids is 1. The molecule has 0 fully saturated rings. The van der Waals surface area contributed by atoms with Gasteiger partial charge in [0.25, 0.3) is 5.91 Å². The number of carbonyl (C=O) groups is 1. The third-order valence-electron chi connectivity index (χ3n) is 4.85. The average Bonchev–Trinajstić information content (AvgIpc) is 3.23. The largest absolute Gasteiger partial charge is 0.360 e. The first-order chi connectivity index (χ1) is 12.6. The molecule has 2 aromatic heterocycles. The van der Waals surface area contributed by atoms with Crippen LogP contribution in [-0.4, -0.2) is 20.8 Å². The number of hydrogen-bond donors (Lipinski definition) is 1. The third kappa shape index (κ3) is 3.40. The molecule has 0 saturated carbocycles. The van der Waals surface area contributed by atoms with E-state index in [-0.39, 0.29) is 5.91 Å². The Morgan fingerprint density at radius 1 is 1.31 bits per heavy atom. The summed E-state index contributed by atoms with van der Waals surface area (Å²) in [4.78, 5) is 12.6. The molecule has 26 heavy (non-hydrogen) atoms. The van der Waals surface area contributed by atoms with Crippen molar-refractivity contribution in [3.63, 3.8) is 0 Å². The summed E-state index contributed by atoms with van der Waals surface area (Å²) in [5, 5.41) is 11.3. The van der Waals surface area contributed by atoms with Gasteiger partial charge in [0.2, 0.25) is 0 Å². The summed E-state index contributed by atoms with van der Waals surface area (Å²) in [5.74, 6) is 1.65. The highest BCUT2D eigenvalue weighted by molar-refractivity contribution is 6.03. The Hall–Kier alpha value is -2.89. The van der Waals surface area contributed by atoms with Crippen molar-refractivity contribution < 1.29 is 9.32 Å². The average molecular weight is 350 g/mol. The molecule has 3 aromatic rings. The van der Waals surface area contributed by atoms with Crippen LogP contribution in [0.1, 0.15) is 46.3 Å². The molecule has 2 heterocycles. The fourth-order valence-corrected chi connectivity index (χ4v) is 3.33. The maximum absolute atomic E-state index is 12.6. The van der Waals surface area contributed by atoms with Crippen molar-refractivity contribution in [1.29, 1.82) is 0 Å². The Kier molecular flexibility index (Phi) is 4.32. The number of rotatable bonds is 4. The van der Waals surface area contributed by atoms with Crippen LogP contribution >= 0.6 is 0 Å². The van der Waals surface area contributed by atoms with Crippen LogP contribution in [0, 0.1) is 12.8 Å². The van der Waals surface area contributed by atoms with Crippen LogP contribution < -0.4 is 5.32 Å². The SMILES string of the molecule is Cc1ccc(Cn2ccc(NC(=O)c3noc4c3C[C@H](C)CC4)n2)cc1. The fourth-order valence-electron chi connectivity index (χ4n) is 3.33. The Balaban J connectivity index is 1.45. The van der Waals surface area contributed by atoms with Gasteiger partial charge in [-0.3, -0.25) is 9.48 Å². The standard InChI is InChI=1S/C20H22N4O2/c1-13-3-6-15(7-4-13)12-24-10-9-18(22-24)21-20(25)19-16-11-14(2)5-8-17(16)26-23-19/h3-4,6-7,9-10,14H,5,8,11-12H2,1-2H3,(H,21,22,25)/t14-/m1/s1. The predicted molar refractivity (Wildman–Crippen MR) is 98.2 cm³/mol. The molecule has 0 bridgehead atoms. The van der Waals surface area contributed by atoms with E-state index in [1.165, 1.54) is 5.56 Å². The highest BCUT2D eigenvalue weighted by Crippen LogP contribution is 2.28. The fraction of sp³-hybridized carbons (Fsp3) is 0.350. The minimum atomic E-state index is -0.260. The monoisotopic (exact) mass is 350 g/mol. The summed E-state index contributed by atoms with van der Waals surface area (Å²) in [6.07, 6.45) is 4.62. The number of nitrogens with one attached hydrogen (secondary N) is 1. The van der Waals surface area contributed by atoms with Gasteiger partial charge in [-0.2, -0.15) is 5.10 Å². The lowest BCUT2D eigenvalue weighted by molar-refractivity contribution is 0.101. The molecule has 1 aliphatic carbocycles. The number of fused-ring (bicyclic) bond motifs is 1. The predicted octanol–water partition coefficient (Wildman–Crippen LogP) is 3.60. The van der Waals surface area contributed by atoms with E-state index in [0.717, 1.165) is 36.1 Å². The molecule has 0 aliphatic heterocycles. The van der Waals surface area contributed by atoms with Crippen LogP contribution in [0.15, 0.2) is 41.1 Å². The molecular weight excluding hydrogens is 328 g/mol. The molecule has 1 aromatic carbocycles. The van der Waals surface area contributed by atoms with Gasteiger partial charge in [-0.15, -0.1) is 0 Å². The van der Waals surface area contributed by atoms with Gasteiger partial charge >= 0.3 is 0 Å². The summed E-state index contributed by atoms with van der Waals surface area (Å²) < 4.78 is 7.16. The molecule has 4 rings (SSSR count). The van der Waals surface area contributed by atoms with Crippen molar-refractivity contribution in [3.8, 4) is 0 Å². The molecule has 0 radical (unpaired) electrons. The van der Waals surface area contributed by atoms with Gasteiger partial charge in [-0.25, -0.2) is 0 Å². The molecule has 6 nitrogen and oxygen atoms in total. The zero-order valence-electron chi connectivity index (χ0n) is 15.0. The summed E-state index contributed by atoms with van der Waals surface area (Å²) in [7, 11) is 0. The van der Waals surface area contributed by atoms with Crippen molar-refractivity contribution in [2.24, 2.45) is 5.92 Å². The van der Waals surface area contributed by atoms with Crippen LogP contribution in [0.5, 0.6) is 0 Å². The second-order valence-electron chi connectivity index (χ2n) is 7.12. The minimum absolute atomic E-state index is 0.260. The van der Waals surface area contributed by atoms with Crippen molar-refractivity contribution >= 4 is 11.7 Å². The number of benzene rings is 1. The molecular formula is C20H22N4O2. The lowest BCUT2D eigenvalue weighted by Gasteiger charge is -2.16. The summed E-state index contributed by atoms with van der Waals surface area (Å²) in [6.45, 7) is 4.91. The second kappa shape index (κ2) is 6.78. The summed E-state index contributed by atoms with van der Waals surface area (Å²) in [6, 6.07) is 10.1. The van der Waals surface area contributed by atoms with Crippen LogP contribution in [0.4, 0.5) is 5.82 Å². The second-order valence-corrected chi connectivity index (χ2v) is 7.12. The normalized spacial score (nSPS) is 16.3. The molecule has 1 atom stereocenters. The van der Waals surface area contributed by atoms with Gasteiger partial charge in [0.05, 0.1) is 6.54 Å². The van der Waals surface area contributed by atoms with E-state index < -0.39 is 0 Å². The van der Waals surface area contributed by atoms with Crippen LogP contribution in [0.25, 0.3) is 0 Å². The van der Waals surface area contributed by atoms with Crippen molar-refractivity contribution in [3.05, 3.63) is 64.7 Å². The minimum Gasteiger partial charge on any atom is -0.360 e. The van der Waals surface area contributed by atoms with Gasteiger partial charge in [0, 0.05) is 24.2 Å². The summed E-state index contributed by atoms with van der Waals surface area (Å²) in [5.41, 5.74) is 3.73. The molecule has 0 saturated heterocycles. The van der Waals surface area contributed by atoms with E-state index in [1.54, 1.807) is 10.7 Å². The number of aryl methyl sites for hydroxylation is 2. The molecule has 1 amide bonds. The van der Waals surface area contributed by atoms with Crippen LogP contribution in [0.2, 0.25) is 0 Å². The number of anilines is 1. The molecule has 6 heteroatoms. The van der Waals surface area contributed by atoms with Gasteiger partial charge in [-0.1, -0.05) is 41.9 Å². The van der Waals surface area contributed by atoms with Crippen molar-refractivity contribution in [2.45, 2.75) is 39.7 Å². The molecule has 1 N–H and O–H groups in total. The smallest absolute Gasteiger partial charge is 0.279 e. The number of amides is 1. The lowest BCUT2D eigenvalue weighted by atomic mass is 9.88. The van der Waals surface area contributed by atoms with E-state index in [9.17, 15) is 4.79 Å². The summed E-state index contributed by atoms with van der Waals surface area (Å²) >= 11 is 0. The first kappa shape index (κ1) is 16.6. The van der Waals surface area contributed by atoms with Crippen molar-refractivity contribution in [1.82, 2.24) is 14.9 Å². The molecule has 0 unspecified atom stereocenters. The van der Waals surface area contributed by atoms with E-state index >= 15 is 0 Å². The highest BCUT2D eigenvalue weighted by atomic mass is 16.5. The molecule has 134 valence electrons. The molecule has 1 aliphatic rings. The Labute approximate surface area is 152 Å². The van der Waals surface area contributed by atoms with E-state index in [1.807, 2.05) is 6.20 Å².